The topological polar surface area (TPSA) is 15.3 Å². The lowest BCUT2D eigenvalue weighted by Crippen LogP contribution is -2.45. The van der Waals surface area contributed by atoms with E-state index in [1.807, 2.05) is 0 Å². The summed E-state index contributed by atoms with van der Waals surface area (Å²) in [6.07, 6.45) is 3.83. The molecule has 0 radical (unpaired) electrons. The van der Waals surface area contributed by atoms with Crippen LogP contribution < -0.4 is 5.32 Å². The van der Waals surface area contributed by atoms with Gasteiger partial charge in [-0.05, 0) is 38.4 Å². The highest BCUT2D eigenvalue weighted by atomic mass is 15.2. The van der Waals surface area contributed by atoms with Crippen molar-refractivity contribution >= 4 is 0 Å². The molecule has 1 saturated heterocycles. The van der Waals surface area contributed by atoms with Crippen LogP contribution in [0.1, 0.15) is 37.8 Å². The van der Waals surface area contributed by atoms with E-state index in [0.29, 0.717) is 12.1 Å². The monoisotopic (exact) mass is 232 g/mol. The Morgan fingerprint density at radius 2 is 2.12 bits per heavy atom. The van der Waals surface area contributed by atoms with Crippen LogP contribution in [0.5, 0.6) is 0 Å². The van der Waals surface area contributed by atoms with Crippen LogP contribution in [0.25, 0.3) is 0 Å². The highest BCUT2D eigenvalue weighted by Gasteiger charge is 2.24. The van der Waals surface area contributed by atoms with E-state index >= 15 is 0 Å². The number of benzene rings is 1. The van der Waals surface area contributed by atoms with Gasteiger partial charge >= 0.3 is 0 Å². The second-order valence-corrected chi connectivity index (χ2v) is 4.96. The van der Waals surface area contributed by atoms with E-state index in [2.05, 4.69) is 54.5 Å². The average Bonchev–Trinajstić information content (AvgIpc) is 2.41. The standard InChI is InChI=1S/C15H24N2/c1-3-15(13-8-5-4-6-9-13)17-11-7-10-14(12-17)16-2/h4-6,8-9,14-16H,3,7,10-12H2,1-2H3. The molecule has 94 valence electrons. The second kappa shape index (κ2) is 6.18. The summed E-state index contributed by atoms with van der Waals surface area (Å²) < 4.78 is 0. The zero-order valence-corrected chi connectivity index (χ0v) is 11.0. The fourth-order valence-electron chi connectivity index (χ4n) is 2.91. The molecule has 2 heteroatoms. The molecule has 1 aliphatic rings. The fraction of sp³-hybridized carbons (Fsp3) is 0.600. The summed E-state index contributed by atoms with van der Waals surface area (Å²) in [5.41, 5.74) is 1.46. The number of piperidine rings is 1. The third kappa shape index (κ3) is 3.08. The molecule has 0 aliphatic carbocycles. The van der Waals surface area contributed by atoms with E-state index < -0.39 is 0 Å². The molecule has 0 aromatic heterocycles. The Hall–Kier alpha value is -0.860. The second-order valence-electron chi connectivity index (χ2n) is 4.96. The van der Waals surface area contributed by atoms with E-state index in [0.717, 1.165) is 0 Å². The van der Waals surface area contributed by atoms with Crippen molar-refractivity contribution in [3.05, 3.63) is 35.9 Å². The fourth-order valence-corrected chi connectivity index (χ4v) is 2.91. The summed E-state index contributed by atoms with van der Waals surface area (Å²) in [4.78, 5) is 2.64. The van der Waals surface area contributed by atoms with Crippen molar-refractivity contribution < 1.29 is 0 Å². The lowest BCUT2D eigenvalue weighted by molar-refractivity contribution is 0.136. The van der Waals surface area contributed by atoms with Gasteiger partial charge in [0.15, 0.2) is 0 Å². The predicted octanol–water partition coefficient (Wildman–Crippen LogP) is 2.82. The molecule has 2 rings (SSSR count). The van der Waals surface area contributed by atoms with Crippen molar-refractivity contribution in [3.63, 3.8) is 0 Å². The number of likely N-dealkylation sites (N-methyl/N-ethyl adjacent to an activating group) is 1. The molecule has 17 heavy (non-hydrogen) atoms. The quantitative estimate of drug-likeness (QED) is 0.858. The van der Waals surface area contributed by atoms with Gasteiger partial charge in [-0.1, -0.05) is 37.3 Å². The first-order chi connectivity index (χ1) is 8.35. The predicted molar refractivity (Wildman–Crippen MR) is 73.1 cm³/mol. The molecule has 0 spiro atoms. The molecule has 1 aliphatic heterocycles. The van der Waals surface area contributed by atoms with E-state index in [1.54, 1.807) is 0 Å². The Kier molecular flexibility index (Phi) is 4.57. The third-order valence-electron chi connectivity index (χ3n) is 3.87. The van der Waals surface area contributed by atoms with Crippen molar-refractivity contribution in [1.29, 1.82) is 0 Å². The minimum Gasteiger partial charge on any atom is -0.316 e. The highest BCUT2D eigenvalue weighted by molar-refractivity contribution is 5.19. The minimum absolute atomic E-state index is 0.590. The Balaban J connectivity index is 2.08. The lowest BCUT2D eigenvalue weighted by Gasteiger charge is -2.38. The molecule has 1 fully saturated rings. The van der Waals surface area contributed by atoms with Gasteiger partial charge in [-0.2, -0.15) is 0 Å². The number of nitrogens with zero attached hydrogens (tertiary/aromatic N) is 1. The molecule has 0 amide bonds. The Morgan fingerprint density at radius 1 is 1.35 bits per heavy atom. The Morgan fingerprint density at radius 3 is 2.76 bits per heavy atom. The molecule has 2 atom stereocenters. The van der Waals surface area contributed by atoms with Crippen LogP contribution in [0, 0.1) is 0 Å². The summed E-state index contributed by atoms with van der Waals surface area (Å²) in [6, 6.07) is 12.2. The molecular formula is C15H24N2. The van der Waals surface area contributed by atoms with Crippen LogP contribution in [0.15, 0.2) is 30.3 Å². The normalized spacial score (nSPS) is 23.5. The van der Waals surface area contributed by atoms with Crippen LogP contribution in [-0.2, 0) is 0 Å². The number of hydrogen-bond acceptors (Lipinski definition) is 2. The Labute approximate surface area is 105 Å². The van der Waals surface area contributed by atoms with Gasteiger partial charge in [0.05, 0.1) is 0 Å². The van der Waals surface area contributed by atoms with E-state index in [9.17, 15) is 0 Å². The molecule has 1 aromatic carbocycles. The van der Waals surface area contributed by atoms with Gasteiger partial charge in [-0.3, -0.25) is 4.90 Å². The van der Waals surface area contributed by atoms with Gasteiger partial charge in [0.2, 0.25) is 0 Å². The van der Waals surface area contributed by atoms with Gasteiger partial charge in [0.25, 0.3) is 0 Å². The molecule has 1 N–H and O–H groups in total. The summed E-state index contributed by atoms with van der Waals surface area (Å²) in [5.74, 6) is 0. The van der Waals surface area contributed by atoms with Crippen LogP contribution in [-0.4, -0.2) is 31.1 Å². The van der Waals surface area contributed by atoms with Crippen molar-refractivity contribution in [2.45, 2.75) is 38.3 Å². The SMILES string of the molecule is CCC(c1ccccc1)N1CCCC(NC)C1. The van der Waals surface area contributed by atoms with Crippen molar-refractivity contribution in [2.75, 3.05) is 20.1 Å². The van der Waals surface area contributed by atoms with E-state index in [4.69, 9.17) is 0 Å². The molecule has 1 aromatic rings. The largest absolute Gasteiger partial charge is 0.316 e. The van der Waals surface area contributed by atoms with Crippen LogP contribution in [0.4, 0.5) is 0 Å². The van der Waals surface area contributed by atoms with Crippen molar-refractivity contribution in [2.24, 2.45) is 0 Å². The van der Waals surface area contributed by atoms with Gasteiger partial charge in [-0.25, -0.2) is 0 Å². The van der Waals surface area contributed by atoms with Crippen molar-refractivity contribution in [1.82, 2.24) is 10.2 Å². The number of nitrogens with one attached hydrogen (secondary N) is 1. The molecule has 0 saturated carbocycles. The molecular weight excluding hydrogens is 208 g/mol. The molecule has 2 nitrogen and oxygen atoms in total. The Bertz CT molecular complexity index is 323. The smallest absolute Gasteiger partial charge is 0.0346 e. The number of rotatable bonds is 4. The van der Waals surface area contributed by atoms with Crippen LogP contribution >= 0.6 is 0 Å². The van der Waals surface area contributed by atoms with Gasteiger partial charge < -0.3 is 5.32 Å². The van der Waals surface area contributed by atoms with E-state index in [-0.39, 0.29) is 0 Å². The lowest BCUT2D eigenvalue weighted by atomic mass is 9.98. The van der Waals surface area contributed by atoms with E-state index in [1.165, 1.54) is 37.9 Å². The summed E-state index contributed by atoms with van der Waals surface area (Å²) in [7, 11) is 2.08. The number of hydrogen-bond donors (Lipinski definition) is 1. The maximum atomic E-state index is 3.42. The molecule has 1 heterocycles. The highest BCUT2D eigenvalue weighted by Crippen LogP contribution is 2.27. The minimum atomic E-state index is 0.590. The van der Waals surface area contributed by atoms with Crippen molar-refractivity contribution in [3.8, 4) is 0 Å². The zero-order chi connectivity index (χ0) is 12.1. The average molecular weight is 232 g/mol. The maximum Gasteiger partial charge on any atom is 0.0346 e. The van der Waals surface area contributed by atoms with Crippen LogP contribution in [0.2, 0.25) is 0 Å². The zero-order valence-electron chi connectivity index (χ0n) is 11.0. The molecule has 0 bridgehead atoms. The summed E-state index contributed by atoms with van der Waals surface area (Å²) in [5, 5.41) is 3.42. The number of likely N-dealkylation sites (tertiary alicyclic amines) is 1. The molecule has 2 unspecified atom stereocenters. The van der Waals surface area contributed by atoms with Gasteiger partial charge in [-0.15, -0.1) is 0 Å². The first-order valence-electron chi connectivity index (χ1n) is 6.81. The van der Waals surface area contributed by atoms with Gasteiger partial charge in [0.1, 0.15) is 0 Å². The summed E-state index contributed by atoms with van der Waals surface area (Å²) in [6.45, 7) is 4.72. The maximum absolute atomic E-state index is 3.42. The van der Waals surface area contributed by atoms with Crippen LogP contribution in [0.3, 0.4) is 0 Å². The summed E-state index contributed by atoms with van der Waals surface area (Å²) >= 11 is 0. The first-order valence-corrected chi connectivity index (χ1v) is 6.81. The first kappa shape index (κ1) is 12.6. The third-order valence-corrected chi connectivity index (χ3v) is 3.87. The van der Waals surface area contributed by atoms with Gasteiger partial charge in [0, 0.05) is 18.6 Å².